The van der Waals surface area contributed by atoms with E-state index in [9.17, 15) is 14.4 Å². The van der Waals surface area contributed by atoms with E-state index in [0.717, 1.165) is 11.1 Å². The lowest BCUT2D eigenvalue weighted by molar-refractivity contribution is -0.119. The van der Waals surface area contributed by atoms with E-state index in [1.807, 2.05) is 19.9 Å². The van der Waals surface area contributed by atoms with E-state index in [2.05, 4.69) is 5.32 Å². The monoisotopic (exact) mass is 304 g/mol. The summed E-state index contributed by atoms with van der Waals surface area (Å²) in [5.41, 5.74) is 8.06. The highest BCUT2D eigenvalue weighted by Gasteiger charge is 2.26. The SMILES string of the molecule is Cc1ccc(C(=O)NC2=C(CC(N)=O)C(=O)CS2)cc1C. The Morgan fingerprint density at radius 1 is 1.29 bits per heavy atom. The number of rotatable bonds is 4. The molecule has 21 heavy (non-hydrogen) atoms. The van der Waals surface area contributed by atoms with Crippen LogP contribution in [0.1, 0.15) is 27.9 Å². The van der Waals surface area contributed by atoms with Gasteiger partial charge in [-0.1, -0.05) is 17.8 Å². The molecule has 0 aromatic heterocycles. The van der Waals surface area contributed by atoms with Crippen LogP contribution in [0.5, 0.6) is 0 Å². The molecule has 2 rings (SSSR count). The third-order valence-electron chi connectivity index (χ3n) is 3.31. The Hall–Kier alpha value is -2.08. The quantitative estimate of drug-likeness (QED) is 0.880. The number of aryl methyl sites for hydroxylation is 2. The minimum Gasteiger partial charge on any atom is -0.369 e. The summed E-state index contributed by atoms with van der Waals surface area (Å²) in [5.74, 6) is -0.809. The maximum absolute atomic E-state index is 12.2. The normalized spacial score (nSPS) is 14.5. The molecule has 1 aliphatic rings. The van der Waals surface area contributed by atoms with Gasteiger partial charge in [-0.2, -0.15) is 0 Å². The Kier molecular flexibility index (Phi) is 4.47. The third kappa shape index (κ3) is 3.52. The Balaban J connectivity index is 2.21. The molecule has 0 atom stereocenters. The van der Waals surface area contributed by atoms with Gasteiger partial charge in [-0.05, 0) is 37.1 Å². The van der Waals surface area contributed by atoms with Gasteiger partial charge in [0.15, 0.2) is 5.78 Å². The molecular formula is C15H16N2O3S. The summed E-state index contributed by atoms with van der Waals surface area (Å²) in [6.45, 7) is 3.90. The maximum Gasteiger partial charge on any atom is 0.256 e. The zero-order chi connectivity index (χ0) is 15.6. The van der Waals surface area contributed by atoms with Gasteiger partial charge in [-0.25, -0.2) is 0 Å². The van der Waals surface area contributed by atoms with Gasteiger partial charge in [0.1, 0.15) is 0 Å². The smallest absolute Gasteiger partial charge is 0.256 e. The van der Waals surface area contributed by atoms with Crippen LogP contribution in [0.3, 0.4) is 0 Å². The Morgan fingerprint density at radius 3 is 2.62 bits per heavy atom. The number of amides is 2. The predicted octanol–water partition coefficient (Wildman–Crippen LogP) is 1.44. The van der Waals surface area contributed by atoms with Crippen LogP contribution in [0.25, 0.3) is 0 Å². The van der Waals surface area contributed by atoms with Crippen molar-refractivity contribution >= 4 is 29.4 Å². The molecule has 0 aliphatic carbocycles. The van der Waals surface area contributed by atoms with Crippen LogP contribution < -0.4 is 11.1 Å². The van der Waals surface area contributed by atoms with Gasteiger partial charge < -0.3 is 11.1 Å². The van der Waals surface area contributed by atoms with Crippen LogP contribution in [0, 0.1) is 13.8 Å². The molecule has 1 aliphatic heterocycles. The minimum atomic E-state index is -0.584. The molecule has 0 saturated heterocycles. The van der Waals surface area contributed by atoms with Crippen LogP contribution >= 0.6 is 11.8 Å². The van der Waals surface area contributed by atoms with Gasteiger partial charge in [0, 0.05) is 11.1 Å². The summed E-state index contributed by atoms with van der Waals surface area (Å²) in [5, 5.41) is 3.14. The minimum absolute atomic E-state index is 0.144. The first-order valence-electron chi connectivity index (χ1n) is 6.44. The highest BCUT2D eigenvalue weighted by molar-refractivity contribution is 8.04. The van der Waals surface area contributed by atoms with Crippen molar-refractivity contribution in [2.45, 2.75) is 20.3 Å². The summed E-state index contributed by atoms with van der Waals surface area (Å²) < 4.78 is 0. The maximum atomic E-state index is 12.2. The van der Waals surface area contributed by atoms with Crippen molar-refractivity contribution in [1.82, 2.24) is 5.32 Å². The first-order valence-corrected chi connectivity index (χ1v) is 7.43. The van der Waals surface area contributed by atoms with Crippen LogP contribution in [-0.2, 0) is 9.59 Å². The first-order chi connectivity index (χ1) is 9.88. The number of hydrogen-bond acceptors (Lipinski definition) is 4. The number of hydrogen-bond donors (Lipinski definition) is 2. The van der Waals surface area contributed by atoms with E-state index in [0.29, 0.717) is 16.2 Å². The second-order valence-electron chi connectivity index (χ2n) is 4.92. The molecule has 3 N–H and O–H groups in total. The van der Waals surface area contributed by atoms with E-state index >= 15 is 0 Å². The second kappa shape index (κ2) is 6.13. The van der Waals surface area contributed by atoms with Gasteiger partial charge >= 0.3 is 0 Å². The molecule has 1 aromatic carbocycles. The first kappa shape index (κ1) is 15.3. The van der Waals surface area contributed by atoms with Crippen LogP contribution in [-0.4, -0.2) is 23.4 Å². The Bertz CT molecular complexity index is 665. The van der Waals surface area contributed by atoms with Gasteiger partial charge in [0.05, 0.1) is 17.2 Å². The number of Topliss-reactive ketones (excluding diaryl/α,β-unsaturated/α-hetero) is 1. The molecule has 0 fully saturated rings. The lowest BCUT2D eigenvalue weighted by Crippen LogP contribution is -2.23. The molecule has 5 nitrogen and oxygen atoms in total. The van der Waals surface area contributed by atoms with Crippen LogP contribution in [0.4, 0.5) is 0 Å². The average Bonchev–Trinajstić information content (AvgIpc) is 2.74. The summed E-state index contributed by atoms with van der Waals surface area (Å²) in [7, 11) is 0. The van der Waals surface area contributed by atoms with E-state index in [-0.39, 0.29) is 23.9 Å². The largest absolute Gasteiger partial charge is 0.369 e. The molecule has 0 radical (unpaired) electrons. The predicted molar refractivity (Wildman–Crippen MR) is 81.7 cm³/mol. The lowest BCUT2D eigenvalue weighted by Gasteiger charge is -2.08. The number of thioether (sulfide) groups is 1. The van der Waals surface area contributed by atoms with Gasteiger partial charge in [-0.15, -0.1) is 0 Å². The summed E-state index contributed by atoms with van der Waals surface area (Å²) in [6, 6.07) is 5.39. The number of primary amides is 1. The molecule has 2 amide bonds. The zero-order valence-electron chi connectivity index (χ0n) is 11.9. The fourth-order valence-electron chi connectivity index (χ4n) is 1.96. The molecular weight excluding hydrogens is 288 g/mol. The van der Waals surface area contributed by atoms with Crippen LogP contribution in [0.15, 0.2) is 28.8 Å². The molecule has 0 bridgehead atoms. The number of benzene rings is 1. The van der Waals surface area contributed by atoms with E-state index < -0.39 is 5.91 Å². The molecule has 0 unspecified atom stereocenters. The number of nitrogens with two attached hydrogens (primary N) is 1. The number of ketones is 1. The number of carbonyl (C=O) groups excluding carboxylic acids is 3. The van der Waals surface area contributed by atoms with Crippen molar-refractivity contribution in [3.05, 3.63) is 45.5 Å². The zero-order valence-corrected chi connectivity index (χ0v) is 12.7. The van der Waals surface area contributed by atoms with Crippen molar-refractivity contribution in [3.63, 3.8) is 0 Å². The van der Waals surface area contributed by atoms with E-state index in [4.69, 9.17) is 5.73 Å². The number of nitrogens with one attached hydrogen (secondary N) is 1. The van der Waals surface area contributed by atoms with E-state index in [1.165, 1.54) is 11.8 Å². The summed E-state index contributed by atoms with van der Waals surface area (Å²) >= 11 is 1.22. The number of carbonyl (C=O) groups is 3. The van der Waals surface area contributed by atoms with Gasteiger partial charge in [-0.3, -0.25) is 14.4 Å². The standard InChI is InChI=1S/C15H16N2O3S/c1-8-3-4-10(5-9(8)2)14(20)17-15-11(6-13(16)19)12(18)7-21-15/h3-5H,6-7H2,1-2H3,(H2,16,19)(H,17,20). The summed E-state index contributed by atoms with van der Waals surface area (Å²) in [6.07, 6.45) is -0.144. The topological polar surface area (TPSA) is 89.3 Å². The second-order valence-corrected chi connectivity index (χ2v) is 5.90. The molecule has 1 aromatic rings. The molecule has 0 spiro atoms. The van der Waals surface area contributed by atoms with Gasteiger partial charge in [0.2, 0.25) is 5.91 Å². The molecule has 0 saturated carbocycles. The fourth-order valence-corrected chi connectivity index (χ4v) is 2.94. The van der Waals surface area contributed by atoms with Crippen molar-refractivity contribution in [1.29, 1.82) is 0 Å². The third-order valence-corrected chi connectivity index (χ3v) is 4.35. The van der Waals surface area contributed by atoms with Crippen molar-refractivity contribution < 1.29 is 14.4 Å². The molecule has 110 valence electrons. The van der Waals surface area contributed by atoms with Crippen LogP contribution in [0.2, 0.25) is 0 Å². The van der Waals surface area contributed by atoms with E-state index in [1.54, 1.807) is 12.1 Å². The average molecular weight is 304 g/mol. The highest BCUT2D eigenvalue weighted by Crippen LogP contribution is 2.29. The molecule has 6 heteroatoms. The van der Waals surface area contributed by atoms with Crippen molar-refractivity contribution in [2.24, 2.45) is 5.73 Å². The Labute approximate surface area is 127 Å². The molecule has 1 heterocycles. The fraction of sp³-hybridized carbons (Fsp3) is 0.267. The lowest BCUT2D eigenvalue weighted by atomic mass is 10.1. The van der Waals surface area contributed by atoms with Crippen molar-refractivity contribution in [2.75, 3.05) is 5.75 Å². The Morgan fingerprint density at radius 2 is 2.00 bits per heavy atom. The van der Waals surface area contributed by atoms with Crippen molar-refractivity contribution in [3.8, 4) is 0 Å². The summed E-state index contributed by atoms with van der Waals surface area (Å²) in [4.78, 5) is 34.9. The van der Waals surface area contributed by atoms with Gasteiger partial charge in [0.25, 0.3) is 5.91 Å². The highest BCUT2D eigenvalue weighted by atomic mass is 32.2.